The summed E-state index contributed by atoms with van der Waals surface area (Å²) in [6.45, 7) is 8.25. The van der Waals surface area contributed by atoms with Gasteiger partial charge in [-0.25, -0.2) is 0 Å². The lowest BCUT2D eigenvalue weighted by molar-refractivity contribution is -0.302. The van der Waals surface area contributed by atoms with Gasteiger partial charge in [0, 0.05) is 89.2 Å². The fraction of sp³-hybridized carbons (Fsp3) is 0.900. The minimum Gasteiger partial charge on any atom is -0.462 e. The van der Waals surface area contributed by atoms with Crippen LogP contribution in [0.25, 0.3) is 0 Å². The largest absolute Gasteiger partial charge is 0.462 e. The van der Waals surface area contributed by atoms with Gasteiger partial charge in [0.2, 0.25) is 0 Å². The SMILES string of the molecule is CCN1C[C@]2(COC)CC[C@H](OC(C)=O)[C@]34C1[C@H]([C@H](OC)[C@H]23)[C@]1(O)[C@H]2[C@@H](OC(C)=O)[C@H](C[C@H]24)[C@@H](OC)[C@@H]1OC(C)=O. The summed E-state index contributed by atoms with van der Waals surface area (Å²) in [6, 6.07) is -0.228. The van der Waals surface area contributed by atoms with Gasteiger partial charge in [-0.15, -0.1) is 0 Å². The van der Waals surface area contributed by atoms with Crippen LogP contribution < -0.4 is 0 Å². The summed E-state index contributed by atoms with van der Waals surface area (Å²) in [5, 5.41) is 13.3. The van der Waals surface area contributed by atoms with Gasteiger partial charge < -0.3 is 33.5 Å². The van der Waals surface area contributed by atoms with Gasteiger partial charge >= 0.3 is 17.9 Å². The summed E-state index contributed by atoms with van der Waals surface area (Å²) in [5.74, 6) is -3.03. The van der Waals surface area contributed by atoms with E-state index in [1.165, 1.54) is 20.8 Å². The van der Waals surface area contributed by atoms with Gasteiger partial charge in [-0.05, 0) is 31.7 Å². The predicted molar refractivity (Wildman–Crippen MR) is 142 cm³/mol. The Morgan fingerprint density at radius 2 is 1.56 bits per heavy atom. The Morgan fingerprint density at radius 1 is 0.902 bits per heavy atom. The summed E-state index contributed by atoms with van der Waals surface area (Å²) in [6.07, 6.45) is -1.19. The van der Waals surface area contributed by atoms with Gasteiger partial charge in [0.25, 0.3) is 0 Å². The molecule has 0 amide bonds. The van der Waals surface area contributed by atoms with Crippen LogP contribution in [-0.2, 0) is 42.8 Å². The molecule has 1 aliphatic heterocycles. The van der Waals surface area contributed by atoms with E-state index < -0.39 is 65.3 Å². The standard InChI is InChI=1S/C30H45NO10/c1-8-31-12-28(13-36-5)10-9-19(39-14(2)32)29-18-11-17-22(40-15(3)33)20(18)30(35,27(23(17)37-6)41-16(4)34)21(26(29)31)24(38-7)25(28)29/h17-27,35H,8-13H2,1-7H3/t17-,18+,19-,20+,21-,22-,23+,24-,25+,26?,27-,28-,29-,30+/m0/s1. The highest BCUT2D eigenvalue weighted by Crippen LogP contribution is 2.79. The zero-order valence-corrected chi connectivity index (χ0v) is 25.2. The molecule has 6 aliphatic rings. The molecule has 1 unspecified atom stereocenters. The summed E-state index contributed by atoms with van der Waals surface area (Å²) in [4.78, 5) is 40.2. The molecule has 14 atom stereocenters. The molecule has 0 aromatic rings. The predicted octanol–water partition coefficient (Wildman–Crippen LogP) is 1.19. The smallest absolute Gasteiger partial charge is 0.303 e. The molecular formula is C30H45NO10. The van der Waals surface area contributed by atoms with E-state index in [9.17, 15) is 19.5 Å². The Kier molecular flexibility index (Phi) is 7.05. The van der Waals surface area contributed by atoms with Crippen LogP contribution in [0.1, 0.15) is 47.0 Å². The first-order valence-electron chi connectivity index (χ1n) is 15.0. The van der Waals surface area contributed by atoms with Crippen molar-refractivity contribution in [1.82, 2.24) is 4.90 Å². The molecule has 1 spiro atoms. The number of piperidine rings is 1. The number of hydrogen-bond donors (Lipinski definition) is 1. The Hall–Kier alpha value is -1.79. The van der Waals surface area contributed by atoms with Gasteiger partial charge in [0.15, 0.2) is 6.10 Å². The van der Waals surface area contributed by atoms with Gasteiger partial charge in [0.05, 0.1) is 12.7 Å². The van der Waals surface area contributed by atoms with E-state index >= 15 is 0 Å². The first kappa shape index (κ1) is 29.3. The molecule has 1 N–H and O–H groups in total. The van der Waals surface area contributed by atoms with Crippen LogP contribution in [0.2, 0.25) is 0 Å². The van der Waals surface area contributed by atoms with E-state index in [1.807, 2.05) is 0 Å². The second-order valence-electron chi connectivity index (χ2n) is 13.4. The zero-order chi connectivity index (χ0) is 29.6. The molecule has 5 saturated carbocycles. The van der Waals surface area contributed by atoms with Crippen molar-refractivity contribution in [2.45, 2.75) is 89.1 Å². The molecule has 1 heterocycles. The molecule has 5 aliphatic carbocycles. The molecule has 11 nitrogen and oxygen atoms in total. The molecule has 11 heteroatoms. The van der Waals surface area contributed by atoms with E-state index in [0.29, 0.717) is 26.0 Å². The van der Waals surface area contributed by atoms with Crippen LogP contribution >= 0.6 is 0 Å². The third kappa shape index (κ3) is 3.53. The molecule has 1 saturated heterocycles. The third-order valence-corrected chi connectivity index (χ3v) is 12.0. The van der Waals surface area contributed by atoms with Crippen molar-refractivity contribution in [3.63, 3.8) is 0 Å². The van der Waals surface area contributed by atoms with Crippen molar-refractivity contribution in [2.75, 3.05) is 41.0 Å². The highest BCUT2D eigenvalue weighted by atomic mass is 16.6. The maximum Gasteiger partial charge on any atom is 0.303 e. The molecule has 6 rings (SSSR count). The van der Waals surface area contributed by atoms with Crippen LogP contribution in [-0.4, -0.2) is 111 Å². The number of hydrogen-bond acceptors (Lipinski definition) is 11. The number of rotatable bonds is 8. The molecule has 41 heavy (non-hydrogen) atoms. The van der Waals surface area contributed by atoms with Crippen LogP contribution in [0.15, 0.2) is 0 Å². The lowest BCUT2D eigenvalue weighted by atomic mass is 9.43. The lowest BCUT2D eigenvalue weighted by Gasteiger charge is -2.69. The van der Waals surface area contributed by atoms with E-state index in [4.69, 9.17) is 28.4 Å². The maximum atomic E-state index is 13.3. The topological polar surface area (TPSA) is 130 Å². The molecule has 230 valence electrons. The molecule has 0 aromatic heterocycles. The van der Waals surface area contributed by atoms with Crippen molar-refractivity contribution in [3.05, 3.63) is 0 Å². The van der Waals surface area contributed by atoms with Crippen molar-refractivity contribution in [3.8, 4) is 0 Å². The van der Waals surface area contributed by atoms with E-state index in [-0.39, 0.29) is 35.2 Å². The van der Waals surface area contributed by atoms with Gasteiger partial charge in [0.1, 0.15) is 23.9 Å². The highest BCUT2D eigenvalue weighted by Gasteiger charge is 2.89. The number of carbonyl (C=O) groups is 3. The van der Waals surface area contributed by atoms with E-state index in [0.717, 1.165) is 13.0 Å². The van der Waals surface area contributed by atoms with Crippen molar-refractivity contribution < 1.29 is 47.9 Å². The quantitative estimate of drug-likeness (QED) is 0.329. The highest BCUT2D eigenvalue weighted by molar-refractivity contribution is 5.68. The van der Waals surface area contributed by atoms with Crippen LogP contribution in [0.3, 0.4) is 0 Å². The van der Waals surface area contributed by atoms with E-state index in [2.05, 4.69) is 11.8 Å². The fourth-order valence-electron chi connectivity index (χ4n) is 11.7. The van der Waals surface area contributed by atoms with Crippen molar-refractivity contribution in [1.29, 1.82) is 0 Å². The summed E-state index contributed by atoms with van der Waals surface area (Å²) < 4.78 is 36.7. The van der Waals surface area contributed by atoms with Crippen molar-refractivity contribution >= 4 is 17.9 Å². The Bertz CT molecular complexity index is 1100. The Morgan fingerprint density at radius 3 is 2.12 bits per heavy atom. The molecule has 6 fully saturated rings. The normalized spacial score (nSPS) is 50.8. The number of ether oxygens (including phenoxy) is 6. The first-order valence-corrected chi connectivity index (χ1v) is 15.0. The van der Waals surface area contributed by atoms with Crippen molar-refractivity contribution in [2.24, 2.45) is 40.4 Å². The fourth-order valence-corrected chi connectivity index (χ4v) is 11.7. The van der Waals surface area contributed by atoms with E-state index in [1.54, 1.807) is 21.3 Å². The summed E-state index contributed by atoms with van der Waals surface area (Å²) >= 11 is 0. The maximum absolute atomic E-state index is 13.3. The Labute approximate surface area is 241 Å². The summed E-state index contributed by atoms with van der Waals surface area (Å²) in [7, 11) is 4.94. The lowest BCUT2D eigenvalue weighted by Crippen LogP contribution is -2.79. The number of aliphatic hydroxyl groups is 1. The van der Waals surface area contributed by atoms with Crippen LogP contribution in [0.4, 0.5) is 0 Å². The average molecular weight is 580 g/mol. The third-order valence-electron chi connectivity index (χ3n) is 12.0. The number of fused-ring (bicyclic) bond motifs is 2. The second kappa shape index (κ2) is 9.87. The van der Waals surface area contributed by atoms with Gasteiger partial charge in [-0.1, -0.05) is 6.92 Å². The number of likely N-dealkylation sites (tertiary alicyclic amines) is 1. The minimum atomic E-state index is -1.63. The average Bonchev–Trinajstić information content (AvgIpc) is 3.33. The summed E-state index contributed by atoms with van der Waals surface area (Å²) in [5.41, 5.74) is -2.54. The number of methoxy groups -OCH3 is 3. The molecule has 0 radical (unpaired) electrons. The second-order valence-corrected chi connectivity index (χ2v) is 13.4. The van der Waals surface area contributed by atoms with Gasteiger partial charge in [-0.2, -0.15) is 0 Å². The molecular weight excluding hydrogens is 534 g/mol. The molecule has 7 bridgehead atoms. The first-order chi connectivity index (χ1) is 19.5. The monoisotopic (exact) mass is 579 g/mol. The zero-order valence-electron chi connectivity index (χ0n) is 25.2. The van der Waals surface area contributed by atoms with Crippen LogP contribution in [0.5, 0.6) is 0 Å². The Balaban J connectivity index is 1.66. The number of esters is 3. The van der Waals surface area contributed by atoms with Crippen LogP contribution in [0, 0.1) is 40.4 Å². The minimum absolute atomic E-state index is 0.105. The number of nitrogens with zero attached hydrogens (tertiary/aromatic N) is 1. The molecule has 0 aromatic carbocycles. The number of carbonyl (C=O) groups excluding carboxylic acids is 3. The van der Waals surface area contributed by atoms with Gasteiger partial charge in [-0.3, -0.25) is 19.3 Å².